The first kappa shape index (κ1) is 23.5. The number of rotatable bonds is 6. The first-order valence-corrected chi connectivity index (χ1v) is 13.5. The summed E-state index contributed by atoms with van der Waals surface area (Å²) in [5, 5.41) is 5.48. The predicted octanol–water partition coefficient (Wildman–Crippen LogP) is 5.27. The third-order valence-corrected chi connectivity index (χ3v) is 8.25. The molecule has 0 radical (unpaired) electrons. The zero-order valence-corrected chi connectivity index (χ0v) is 21.3. The van der Waals surface area contributed by atoms with Crippen molar-refractivity contribution >= 4 is 44.9 Å². The van der Waals surface area contributed by atoms with E-state index in [1.54, 1.807) is 15.9 Å². The number of aromatic nitrogens is 2. The monoisotopic (exact) mass is 502 g/mol. The zero-order chi connectivity index (χ0) is 24.4. The first-order chi connectivity index (χ1) is 17.0. The van der Waals surface area contributed by atoms with Gasteiger partial charge in [-0.15, -0.1) is 11.3 Å². The number of amides is 1. The van der Waals surface area contributed by atoms with Crippen molar-refractivity contribution < 1.29 is 4.79 Å². The van der Waals surface area contributed by atoms with Crippen LogP contribution in [0.5, 0.6) is 0 Å². The van der Waals surface area contributed by atoms with E-state index in [-0.39, 0.29) is 17.2 Å². The van der Waals surface area contributed by atoms with E-state index in [1.165, 1.54) is 16.6 Å². The first-order valence-electron chi connectivity index (χ1n) is 11.7. The van der Waals surface area contributed by atoms with Crippen molar-refractivity contribution in [2.75, 3.05) is 5.75 Å². The Morgan fingerprint density at radius 3 is 2.63 bits per heavy atom. The van der Waals surface area contributed by atoms with Gasteiger partial charge >= 0.3 is 0 Å². The summed E-state index contributed by atoms with van der Waals surface area (Å²) in [5.74, 6) is -0.152. The Balaban J connectivity index is 1.45. The maximum Gasteiger partial charge on any atom is 0.267 e. The average Bonchev–Trinajstić information content (AvgIpc) is 3.26. The number of carbonyl (C=O) groups is 1. The van der Waals surface area contributed by atoms with Crippen molar-refractivity contribution in [1.82, 2.24) is 15.0 Å². The molecule has 0 saturated heterocycles. The highest BCUT2D eigenvalue weighted by Gasteiger charge is 2.23. The van der Waals surface area contributed by atoms with E-state index in [9.17, 15) is 9.59 Å². The van der Waals surface area contributed by atoms with Crippen molar-refractivity contribution in [3.8, 4) is 5.69 Å². The number of fused-ring (bicyclic) bond motifs is 3. The van der Waals surface area contributed by atoms with Gasteiger partial charge in [-0.2, -0.15) is 5.10 Å². The predicted molar refractivity (Wildman–Crippen MR) is 144 cm³/mol. The Morgan fingerprint density at radius 1 is 1.11 bits per heavy atom. The number of nitrogens with one attached hydrogen (secondary N) is 1. The smallest absolute Gasteiger partial charge is 0.267 e. The molecule has 0 bridgehead atoms. The second-order valence-electron chi connectivity index (χ2n) is 8.65. The summed E-state index contributed by atoms with van der Waals surface area (Å²) in [7, 11) is 0. The molecule has 8 heteroatoms. The molecule has 0 spiro atoms. The third-order valence-electron chi connectivity index (χ3n) is 6.12. The Labute approximate surface area is 212 Å². The van der Waals surface area contributed by atoms with Crippen molar-refractivity contribution in [3.63, 3.8) is 0 Å². The molecule has 0 aliphatic heterocycles. The van der Waals surface area contributed by atoms with E-state index >= 15 is 0 Å². The lowest BCUT2D eigenvalue weighted by molar-refractivity contribution is -0.118. The van der Waals surface area contributed by atoms with Crippen LogP contribution in [0.3, 0.4) is 0 Å². The lowest BCUT2D eigenvalue weighted by atomic mass is 9.97. The van der Waals surface area contributed by atoms with Gasteiger partial charge in [-0.3, -0.25) is 14.2 Å². The van der Waals surface area contributed by atoms with E-state index < -0.39 is 0 Å². The topological polar surface area (TPSA) is 76.3 Å². The fraction of sp³-hybridized carbons (Fsp3) is 0.259. The summed E-state index contributed by atoms with van der Waals surface area (Å²) < 4.78 is 1.65. The van der Waals surface area contributed by atoms with Gasteiger partial charge in [0.1, 0.15) is 4.83 Å². The van der Waals surface area contributed by atoms with E-state index in [0.29, 0.717) is 5.16 Å². The average molecular weight is 503 g/mol. The van der Waals surface area contributed by atoms with Crippen LogP contribution >= 0.6 is 23.1 Å². The van der Waals surface area contributed by atoms with Crippen LogP contribution in [-0.4, -0.2) is 26.9 Å². The molecular formula is C27H26N4O2S2. The number of nitrogens with zero attached hydrogens (tertiary/aromatic N) is 3. The molecule has 2 aromatic carbocycles. The van der Waals surface area contributed by atoms with Crippen LogP contribution < -0.4 is 11.0 Å². The van der Waals surface area contributed by atoms with Crippen LogP contribution in [-0.2, 0) is 17.6 Å². The maximum absolute atomic E-state index is 13.8. The molecule has 1 N–H and O–H groups in total. The van der Waals surface area contributed by atoms with Crippen LogP contribution in [0.2, 0.25) is 0 Å². The van der Waals surface area contributed by atoms with Gasteiger partial charge in [0.2, 0.25) is 0 Å². The summed E-state index contributed by atoms with van der Waals surface area (Å²) in [5.41, 5.74) is 7.27. The Morgan fingerprint density at radius 2 is 1.86 bits per heavy atom. The molecule has 0 saturated carbocycles. The fourth-order valence-corrected chi connectivity index (χ4v) is 6.36. The van der Waals surface area contributed by atoms with Crippen molar-refractivity contribution in [3.05, 3.63) is 86.5 Å². The maximum atomic E-state index is 13.8. The second-order valence-corrected chi connectivity index (χ2v) is 10.7. The van der Waals surface area contributed by atoms with Gasteiger partial charge in [0, 0.05) is 4.88 Å². The lowest BCUT2D eigenvalue weighted by Crippen LogP contribution is -2.24. The zero-order valence-electron chi connectivity index (χ0n) is 19.7. The molecule has 1 amide bonds. The minimum Gasteiger partial charge on any atom is -0.272 e. The van der Waals surface area contributed by atoms with Gasteiger partial charge in [0.05, 0.1) is 22.5 Å². The Kier molecular flexibility index (Phi) is 6.83. The molecule has 0 fully saturated rings. The second kappa shape index (κ2) is 10.2. The highest BCUT2D eigenvalue weighted by Crippen LogP contribution is 2.35. The third kappa shape index (κ3) is 4.94. The minimum atomic E-state index is -0.249. The van der Waals surface area contributed by atoms with Crippen LogP contribution in [0.4, 0.5) is 0 Å². The number of aryl methyl sites for hydroxylation is 3. The van der Waals surface area contributed by atoms with E-state index in [2.05, 4.69) is 10.5 Å². The lowest BCUT2D eigenvalue weighted by Gasteiger charge is -2.13. The van der Waals surface area contributed by atoms with Crippen molar-refractivity contribution in [2.45, 2.75) is 44.7 Å². The number of thiophene rings is 1. The molecule has 0 atom stereocenters. The number of carbonyl (C=O) groups excluding carboxylic acids is 1. The van der Waals surface area contributed by atoms with Crippen molar-refractivity contribution in [1.29, 1.82) is 0 Å². The number of benzene rings is 2. The summed E-state index contributed by atoms with van der Waals surface area (Å²) >= 11 is 2.87. The summed E-state index contributed by atoms with van der Waals surface area (Å²) in [6, 6.07) is 17.5. The highest BCUT2D eigenvalue weighted by atomic mass is 32.2. The quantitative estimate of drug-likeness (QED) is 0.169. The van der Waals surface area contributed by atoms with Gasteiger partial charge in [0.15, 0.2) is 5.16 Å². The van der Waals surface area contributed by atoms with E-state index in [0.717, 1.165) is 64.0 Å². The van der Waals surface area contributed by atoms with Crippen LogP contribution in [0.1, 0.15) is 41.3 Å². The molecule has 0 unspecified atom stereocenters. The molecule has 2 heterocycles. The largest absolute Gasteiger partial charge is 0.272 e. The number of thioether (sulfide) groups is 1. The number of hydrogen-bond donors (Lipinski definition) is 1. The molecule has 5 rings (SSSR count). The van der Waals surface area contributed by atoms with Crippen LogP contribution in [0.15, 0.2) is 69.6 Å². The molecule has 1 aliphatic carbocycles. The SMILES string of the molecule is C/C(=N\NC(=O)CSc1nc2sc3c(c2c(=O)n1-c1ccc(C)cc1)CCCC3)c1ccccc1. The molecular weight excluding hydrogens is 476 g/mol. The van der Waals surface area contributed by atoms with Crippen LogP contribution in [0, 0.1) is 6.92 Å². The highest BCUT2D eigenvalue weighted by molar-refractivity contribution is 7.99. The number of hydrazone groups is 1. The molecule has 35 heavy (non-hydrogen) atoms. The van der Waals surface area contributed by atoms with Gasteiger partial charge in [-0.1, -0.05) is 59.8 Å². The molecule has 178 valence electrons. The van der Waals surface area contributed by atoms with Gasteiger partial charge in [0.25, 0.3) is 11.5 Å². The summed E-state index contributed by atoms with van der Waals surface area (Å²) in [6.45, 7) is 3.87. The standard InChI is InChI=1S/C27H26N4O2S2/c1-17-12-14-20(15-13-17)31-26(33)24-21-10-6-7-11-22(21)35-25(24)28-27(31)34-16-23(32)30-29-18(2)19-8-4-3-5-9-19/h3-5,8-9,12-15H,6-7,10-11,16H2,1-2H3,(H,30,32)/b29-18+. The Hall–Kier alpha value is -3.23. The summed E-state index contributed by atoms with van der Waals surface area (Å²) in [4.78, 5) is 33.3. The minimum absolute atomic E-state index is 0.0564. The molecule has 6 nitrogen and oxygen atoms in total. The molecule has 1 aliphatic rings. The Bertz CT molecular complexity index is 1470. The van der Waals surface area contributed by atoms with E-state index in [1.807, 2.05) is 68.4 Å². The van der Waals surface area contributed by atoms with Crippen molar-refractivity contribution in [2.24, 2.45) is 5.10 Å². The molecule has 2 aromatic heterocycles. The fourth-order valence-electron chi connectivity index (χ4n) is 4.26. The summed E-state index contributed by atoms with van der Waals surface area (Å²) in [6.07, 6.45) is 4.18. The molecule has 4 aromatic rings. The van der Waals surface area contributed by atoms with Gasteiger partial charge < -0.3 is 0 Å². The normalized spacial score (nSPS) is 13.6. The number of hydrogen-bond acceptors (Lipinski definition) is 6. The van der Waals surface area contributed by atoms with Gasteiger partial charge in [-0.05, 0) is 62.8 Å². The van der Waals surface area contributed by atoms with Gasteiger partial charge in [-0.25, -0.2) is 10.4 Å². The van der Waals surface area contributed by atoms with E-state index in [4.69, 9.17) is 4.98 Å². The van der Waals surface area contributed by atoms with Crippen LogP contribution in [0.25, 0.3) is 15.9 Å².